The number of hydrogen-bond donors (Lipinski definition) is 1. The van der Waals surface area contributed by atoms with Crippen LogP contribution in [-0.4, -0.2) is 42.5 Å². The van der Waals surface area contributed by atoms with Crippen molar-refractivity contribution in [3.63, 3.8) is 0 Å². The van der Waals surface area contributed by atoms with Gasteiger partial charge in [-0.1, -0.05) is 11.8 Å². The van der Waals surface area contributed by atoms with Crippen molar-refractivity contribution in [3.8, 4) is 0 Å². The van der Waals surface area contributed by atoms with E-state index >= 15 is 0 Å². The van der Waals surface area contributed by atoms with Crippen molar-refractivity contribution >= 4 is 11.8 Å². The summed E-state index contributed by atoms with van der Waals surface area (Å²) in [6, 6.07) is 1.99. The summed E-state index contributed by atoms with van der Waals surface area (Å²) in [6.45, 7) is 6.59. The predicted octanol–water partition coefficient (Wildman–Crippen LogP) is 1.42. The summed E-state index contributed by atoms with van der Waals surface area (Å²) in [6.07, 6.45) is 0. The van der Waals surface area contributed by atoms with Gasteiger partial charge in [0.15, 0.2) is 5.16 Å². The van der Waals surface area contributed by atoms with Gasteiger partial charge in [0, 0.05) is 37.3 Å². The third kappa shape index (κ3) is 5.44. The molecule has 5 heteroatoms. The molecule has 1 N–H and O–H groups in total. The Bertz CT molecular complexity index is 300. The Labute approximate surface area is 101 Å². The van der Waals surface area contributed by atoms with Gasteiger partial charge in [0.2, 0.25) is 0 Å². The molecule has 0 amide bonds. The Hall–Kier alpha value is -0.650. The molecular weight excluding hydrogens is 222 g/mol. The lowest BCUT2D eigenvalue weighted by molar-refractivity contribution is 0.200. The van der Waals surface area contributed by atoms with Crippen LogP contribution in [0.25, 0.3) is 0 Å². The molecule has 0 atom stereocenters. The number of aryl methyl sites for hydroxylation is 2. The van der Waals surface area contributed by atoms with Gasteiger partial charge in [0.05, 0.1) is 6.61 Å². The molecule has 0 radical (unpaired) electrons. The number of nitrogens with one attached hydrogen (secondary N) is 1. The van der Waals surface area contributed by atoms with Crippen LogP contribution >= 0.6 is 11.8 Å². The first-order valence-corrected chi connectivity index (χ1v) is 6.35. The Kier molecular flexibility index (Phi) is 6.37. The molecule has 0 unspecified atom stereocenters. The molecule has 0 spiro atoms. The molecule has 0 saturated heterocycles. The lowest BCUT2D eigenvalue weighted by Crippen LogP contribution is -2.21. The lowest BCUT2D eigenvalue weighted by atomic mass is 10.4. The van der Waals surface area contributed by atoms with Crippen LogP contribution in [0, 0.1) is 13.8 Å². The molecule has 1 aromatic heterocycles. The molecule has 0 bridgehead atoms. The first-order valence-electron chi connectivity index (χ1n) is 5.37. The van der Waals surface area contributed by atoms with E-state index in [9.17, 15) is 0 Å². The second-order valence-electron chi connectivity index (χ2n) is 3.52. The quantitative estimate of drug-likeness (QED) is 0.444. The second-order valence-corrected chi connectivity index (χ2v) is 4.59. The zero-order valence-corrected chi connectivity index (χ0v) is 10.9. The van der Waals surface area contributed by atoms with Gasteiger partial charge in [-0.2, -0.15) is 0 Å². The lowest BCUT2D eigenvalue weighted by Gasteiger charge is -2.04. The van der Waals surface area contributed by atoms with Crippen molar-refractivity contribution < 1.29 is 4.74 Å². The summed E-state index contributed by atoms with van der Waals surface area (Å²) in [5.41, 5.74) is 2.06. The molecule has 4 nitrogen and oxygen atoms in total. The largest absolute Gasteiger partial charge is 0.383 e. The SMILES string of the molecule is COCCNCCSc1nc(C)cc(C)n1. The van der Waals surface area contributed by atoms with E-state index in [4.69, 9.17) is 4.74 Å². The van der Waals surface area contributed by atoms with Crippen molar-refractivity contribution in [2.75, 3.05) is 32.6 Å². The fourth-order valence-electron chi connectivity index (χ4n) is 1.27. The highest BCUT2D eigenvalue weighted by atomic mass is 32.2. The van der Waals surface area contributed by atoms with Gasteiger partial charge in [-0.25, -0.2) is 9.97 Å². The number of methoxy groups -OCH3 is 1. The Morgan fingerprint density at radius 3 is 2.56 bits per heavy atom. The minimum atomic E-state index is 0.755. The molecule has 0 saturated carbocycles. The predicted molar refractivity (Wildman–Crippen MR) is 67.0 cm³/mol. The molecule has 90 valence electrons. The third-order valence-electron chi connectivity index (χ3n) is 1.95. The summed E-state index contributed by atoms with van der Waals surface area (Å²) in [7, 11) is 1.71. The van der Waals surface area contributed by atoms with Gasteiger partial charge in [0.1, 0.15) is 0 Å². The van der Waals surface area contributed by atoms with Crippen LogP contribution in [0.4, 0.5) is 0 Å². The van der Waals surface area contributed by atoms with Crippen molar-refractivity contribution in [1.82, 2.24) is 15.3 Å². The van der Waals surface area contributed by atoms with E-state index in [-0.39, 0.29) is 0 Å². The maximum atomic E-state index is 4.94. The average molecular weight is 241 g/mol. The van der Waals surface area contributed by atoms with Gasteiger partial charge in [0.25, 0.3) is 0 Å². The van der Waals surface area contributed by atoms with E-state index in [0.717, 1.165) is 42.0 Å². The summed E-state index contributed by atoms with van der Waals surface area (Å²) in [4.78, 5) is 8.73. The fraction of sp³-hybridized carbons (Fsp3) is 0.636. The smallest absolute Gasteiger partial charge is 0.188 e. The zero-order chi connectivity index (χ0) is 11.8. The van der Waals surface area contributed by atoms with Crippen molar-refractivity contribution in [2.45, 2.75) is 19.0 Å². The van der Waals surface area contributed by atoms with E-state index in [2.05, 4.69) is 15.3 Å². The summed E-state index contributed by atoms with van der Waals surface area (Å²) in [5, 5.41) is 4.15. The highest BCUT2D eigenvalue weighted by Crippen LogP contribution is 2.12. The van der Waals surface area contributed by atoms with Crippen LogP contribution in [0.1, 0.15) is 11.4 Å². The van der Waals surface area contributed by atoms with Gasteiger partial charge in [-0.05, 0) is 19.9 Å². The van der Waals surface area contributed by atoms with E-state index in [1.54, 1.807) is 18.9 Å². The molecule has 0 aliphatic rings. The van der Waals surface area contributed by atoms with Crippen molar-refractivity contribution in [1.29, 1.82) is 0 Å². The first kappa shape index (κ1) is 13.4. The van der Waals surface area contributed by atoms with E-state index in [1.165, 1.54) is 0 Å². The Morgan fingerprint density at radius 2 is 1.94 bits per heavy atom. The van der Waals surface area contributed by atoms with Gasteiger partial charge >= 0.3 is 0 Å². The Balaban J connectivity index is 2.21. The van der Waals surface area contributed by atoms with Crippen LogP contribution in [0.2, 0.25) is 0 Å². The van der Waals surface area contributed by atoms with Gasteiger partial charge in [-0.3, -0.25) is 0 Å². The van der Waals surface area contributed by atoms with Crippen LogP contribution in [0.5, 0.6) is 0 Å². The number of nitrogens with zero attached hydrogens (tertiary/aromatic N) is 2. The maximum Gasteiger partial charge on any atom is 0.188 e. The molecule has 16 heavy (non-hydrogen) atoms. The molecular formula is C11H19N3OS. The molecule has 0 aromatic carbocycles. The highest BCUT2D eigenvalue weighted by molar-refractivity contribution is 7.99. The number of aromatic nitrogens is 2. The number of thioether (sulfide) groups is 1. The molecule has 0 aliphatic carbocycles. The normalized spacial score (nSPS) is 10.7. The van der Waals surface area contributed by atoms with E-state index < -0.39 is 0 Å². The number of ether oxygens (including phenoxy) is 1. The molecule has 1 rings (SSSR count). The Morgan fingerprint density at radius 1 is 1.25 bits per heavy atom. The van der Waals surface area contributed by atoms with Crippen LogP contribution in [0.15, 0.2) is 11.2 Å². The minimum Gasteiger partial charge on any atom is -0.383 e. The van der Waals surface area contributed by atoms with Crippen LogP contribution in [0.3, 0.4) is 0 Å². The monoisotopic (exact) mass is 241 g/mol. The van der Waals surface area contributed by atoms with Gasteiger partial charge < -0.3 is 10.1 Å². The minimum absolute atomic E-state index is 0.755. The summed E-state index contributed by atoms with van der Waals surface area (Å²) < 4.78 is 4.94. The van der Waals surface area contributed by atoms with Crippen molar-refractivity contribution in [3.05, 3.63) is 17.5 Å². The fourth-order valence-corrected chi connectivity index (χ4v) is 2.12. The summed E-state index contributed by atoms with van der Waals surface area (Å²) >= 11 is 1.68. The third-order valence-corrected chi connectivity index (χ3v) is 2.80. The van der Waals surface area contributed by atoms with Crippen LogP contribution < -0.4 is 5.32 Å². The standard InChI is InChI=1S/C11H19N3OS/c1-9-8-10(2)14-11(13-9)16-7-5-12-4-6-15-3/h8,12H,4-7H2,1-3H3. The topological polar surface area (TPSA) is 47.0 Å². The molecule has 0 fully saturated rings. The second kappa shape index (κ2) is 7.60. The van der Waals surface area contributed by atoms with E-state index in [0.29, 0.717) is 0 Å². The van der Waals surface area contributed by atoms with Crippen LogP contribution in [-0.2, 0) is 4.74 Å². The number of rotatable bonds is 7. The van der Waals surface area contributed by atoms with Gasteiger partial charge in [-0.15, -0.1) is 0 Å². The molecule has 1 aromatic rings. The zero-order valence-electron chi connectivity index (χ0n) is 10.1. The number of hydrogen-bond acceptors (Lipinski definition) is 5. The molecule has 0 aliphatic heterocycles. The highest BCUT2D eigenvalue weighted by Gasteiger charge is 1.99. The first-order chi connectivity index (χ1) is 7.72. The van der Waals surface area contributed by atoms with Crippen molar-refractivity contribution in [2.24, 2.45) is 0 Å². The maximum absolute atomic E-state index is 4.94. The summed E-state index contributed by atoms with van der Waals surface area (Å²) in [5.74, 6) is 0.979. The molecule has 1 heterocycles. The van der Waals surface area contributed by atoms with E-state index in [1.807, 2.05) is 19.9 Å². The average Bonchev–Trinajstić information content (AvgIpc) is 2.22.